The molecule has 122 valence electrons. The van der Waals surface area contributed by atoms with Gasteiger partial charge in [0.1, 0.15) is 5.70 Å². The van der Waals surface area contributed by atoms with Crippen LogP contribution in [0.5, 0.6) is 0 Å². The second-order valence-electron chi connectivity index (χ2n) is 6.31. The van der Waals surface area contributed by atoms with Crippen LogP contribution < -0.4 is 4.90 Å². The lowest BCUT2D eigenvalue weighted by molar-refractivity contribution is -0.138. The molecule has 3 heterocycles. The normalized spacial score (nSPS) is 17.5. The maximum absolute atomic E-state index is 13.1. The summed E-state index contributed by atoms with van der Waals surface area (Å²) in [5.74, 6) is -0.369. The summed E-state index contributed by atoms with van der Waals surface area (Å²) in [6.07, 6.45) is 0.889. The van der Waals surface area contributed by atoms with E-state index >= 15 is 0 Å². The Balaban J connectivity index is 1.89. The van der Waals surface area contributed by atoms with Gasteiger partial charge in [-0.15, -0.1) is 11.3 Å². The molecule has 2 aromatic rings. The lowest BCUT2D eigenvalue weighted by Crippen LogP contribution is -2.39. The smallest absolute Gasteiger partial charge is 0.278 e. The summed E-state index contributed by atoms with van der Waals surface area (Å²) >= 11 is 1.50. The van der Waals surface area contributed by atoms with Crippen molar-refractivity contribution in [3.63, 3.8) is 0 Å². The number of hydrogen-bond acceptors (Lipinski definition) is 4. The van der Waals surface area contributed by atoms with Crippen LogP contribution in [0.15, 0.2) is 47.5 Å². The van der Waals surface area contributed by atoms with Gasteiger partial charge in [-0.3, -0.25) is 14.5 Å². The molecule has 0 fully saturated rings. The van der Waals surface area contributed by atoms with Gasteiger partial charge in [0.2, 0.25) is 0 Å². The van der Waals surface area contributed by atoms with Gasteiger partial charge in [-0.2, -0.15) is 0 Å². The van der Waals surface area contributed by atoms with E-state index in [0.29, 0.717) is 11.3 Å². The van der Waals surface area contributed by atoms with Gasteiger partial charge in [-0.1, -0.05) is 24.3 Å². The van der Waals surface area contributed by atoms with Gasteiger partial charge in [0.15, 0.2) is 0 Å². The molecule has 0 radical (unpaired) electrons. The van der Waals surface area contributed by atoms with Crippen LogP contribution in [0.25, 0.3) is 5.57 Å². The summed E-state index contributed by atoms with van der Waals surface area (Å²) in [6.45, 7) is 4.49. The number of carbonyl (C=O) groups is 2. The highest BCUT2D eigenvalue weighted by molar-refractivity contribution is 7.11. The molecule has 4 nitrogen and oxygen atoms in total. The first-order valence-electron chi connectivity index (χ1n) is 8.11. The van der Waals surface area contributed by atoms with E-state index in [0.717, 1.165) is 23.5 Å². The van der Waals surface area contributed by atoms with Crippen LogP contribution in [0.1, 0.15) is 24.3 Å². The van der Waals surface area contributed by atoms with Gasteiger partial charge in [-0.25, -0.2) is 0 Å². The van der Waals surface area contributed by atoms with Crippen molar-refractivity contribution in [2.24, 2.45) is 0 Å². The van der Waals surface area contributed by atoms with Crippen molar-refractivity contribution in [2.75, 3.05) is 11.4 Å². The molecule has 0 atom stereocenters. The van der Waals surface area contributed by atoms with Gasteiger partial charge >= 0.3 is 0 Å². The Morgan fingerprint density at radius 1 is 1.04 bits per heavy atom. The molecule has 0 N–H and O–H groups in total. The number of benzene rings is 1. The second kappa shape index (κ2) is 5.60. The minimum absolute atomic E-state index is 0.157. The maximum atomic E-state index is 13.1. The number of amides is 2. The highest BCUT2D eigenvalue weighted by Gasteiger charge is 2.44. The molecule has 2 aliphatic rings. The van der Waals surface area contributed by atoms with Gasteiger partial charge in [0.05, 0.1) is 5.57 Å². The molecule has 24 heavy (non-hydrogen) atoms. The van der Waals surface area contributed by atoms with E-state index in [-0.39, 0.29) is 17.9 Å². The Morgan fingerprint density at radius 2 is 1.83 bits per heavy atom. The highest BCUT2D eigenvalue weighted by Crippen LogP contribution is 2.39. The van der Waals surface area contributed by atoms with E-state index in [9.17, 15) is 9.59 Å². The lowest BCUT2D eigenvalue weighted by atomic mass is 10.1. The quantitative estimate of drug-likeness (QED) is 0.806. The fourth-order valence-electron chi connectivity index (χ4n) is 3.47. The van der Waals surface area contributed by atoms with Gasteiger partial charge in [0, 0.05) is 23.2 Å². The summed E-state index contributed by atoms with van der Waals surface area (Å²) < 4.78 is 0. The number of nitrogens with zero attached hydrogens (tertiary/aromatic N) is 2. The summed E-state index contributed by atoms with van der Waals surface area (Å²) in [5.41, 5.74) is 3.33. The fourth-order valence-corrected chi connectivity index (χ4v) is 4.23. The molecule has 4 rings (SSSR count). The fraction of sp³-hybridized carbons (Fsp3) is 0.263. The van der Waals surface area contributed by atoms with E-state index in [2.05, 4.69) is 6.07 Å². The Kier molecular flexibility index (Phi) is 3.53. The molecule has 1 aromatic carbocycles. The van der Waals surface area contributed by atoms with Crippen molar-refractivity contribution in [3.8, 4) is 0 Å². The van der Waals surface area contributed by atoms with Crippen LogP contribution in [0.4, 0.5) is 5.69 Å². The third kappa shape index (κ3) is 2.12. The van der Waals surface area contributed by atoms with E-state index in [1.54, 1.807) is 0 Å². The zero-order chi connectivity index (χ0) is 16.8. The predicted molar refractivity (Wildman–Crippen MR) is 95.7 cm³/mol. The van der Waals surface area contributed by atoms with Gasteiger partial charge < -0.3 is 4.90 Å². The molecule has 2 aliphatic heterocycles. The summed E-state index contributed by atoms with van der Waals surface area (Å²) in [7, 11) is 0. The number of fused-ring (bicyclic) bond motifs is 1. The lowest BCUT2D eigenvalue weighted by Gasteiger charge is -2.23. The van der Waals surface area contributed by atoms with Crippen LogP contribution >= 0.6 is 11.3 Å². The maximum Gasteiger partial charge on any atom is 0.278 e. The molecular weight excluding hydrogens is 320 g/mol. The molecule has 0 spiro atoms. The molecule has 5 heteroatoms. The van der Waals surface area contributed by atoms with Crippen molar-refractivity contribution in [3.05, 3.63) is 57.9 Å². The van der Waals surface area contributed by atoms with Crippen molar-refractivity contribution in [1.82, 2.24) is 4.90 Å². The number of para-hydroxylation sites is 1. The van der Waals surface area contributed by atoms with E-state index in [1.165, 1.54) is 21.8 Å². The molecule has 0 aliphatic carbocycles. The largest absolute Gasteiger partial charge is 0.336 e. The Hall–Kier alpha value is -2.40. The monoisotopic (exact) mass is 338 g/mol. The van der Waals surface area contributed by atoms with Gasteiger partial charge in [-0.05, 0) is 43.3 Å². The molecule has 0 saturated heterocycles. The third-order valence-corrected chi connectivity index (χ3v) is 5.42. The van der Waals surface area contributed by atoms with Crippen molar-refractivity contribution >= 4 is 34.4 Å². The van der Waals surface area contributed by atoms with Crippen LogP contribution in [0.2, 0.25) is 0 Å². The number of thiophene rings is 1. The molecule has 0 unspecified atom stereocenters. The van der Waals surface area contributed by atoms with Crippen LogP contribution in [0, 0.1) is 0 Å². The molecule has 2 amide bonds. The average Bonchev–Trinajstić information content (AvgIpc) is 3.25. The number of anilines is 1. The number of hydrogen-bond donors (Lipinski definition) is 0. The number of carbonyl (C=O) groups excluding carboxylic acids is 2. The third-order valence-electron chi connectivity index (χ3n) is 4.53. The van der Waals surface area contributed by atoms with Crippen molar-refractivity contribution < 1.29 is 9.59 Å². The summed E-state index contributed by atoms with van der Waals surface area (Å²) in [4.78, 5) is 30.3. The minimum Gasteiger partial charge on any atom is -0.336 e. The zero-order valence-corrected chi connectivity index (χ0v) is 14.5. The standard InChI is InChI=1S/C19H18N2O2S/c1-12(2)21-18(22)16(15-8-5-11-24-15)17(19(21)23)20-10-9-13-6-3-4-7-14(13)20/h3-8,11-12H,9-10H2,1-2H3. The SMILES string of the molecule is CC(C)N1C(=O)C(c2cccs2)=C(N2CCc3ccccc32)C1=O. The summed E-state index contributed by atoms with van der Waals surface area (Å²) in [6, 6.07) is 11.8. The number of rotatable bonds is 3. The first-order chi connectivity index (χ1) is 11.6. The van der Waals surface area contributed by atoms with Crippen LogP contribution in [0.3, 0.4) is 0 Å². The summed E-state index contributed by atoms with van der Waals surface area (Å²) in [5, 5.41) is 1.94. The molecule has 1 aromatic heterocycles. The Bertz CT molecular complexity index is 852. The second-order valence-corrected chi connectivity index (χ2v) is 7.25. The number of imide groups is 1. The highest BCUT2D eigenvalue weighted by atomic mass is 32.1. The van der Waals surface area contributed by atoms with E-state index < -0.39 is 0 Å². The van der Waals surface area contributed by atoms with E-state index in [1.807, 2.05) is 54.5 Å². The molecule has 0 bridgehead atoms. The zero-order valence-electron chi connectivity index (χ0n) is 13.7. The molecular formula is C19H18N2O2S. The van der Waals surface area contributed by atoms with Crippen molar-refractivity contribution in [1.29, 1.82) is 0 Å². The first-order valence-corrected chi connectivity index (χ1v) is 8.99. The van der Waals surface area contributed by atoms with E-state index in [4.69, 9.17) is 0 Å². The van der Waals surface area contributed by atoms with Crippen LogP contribution in [-0.2, 0) is 16.0 Å². The van der Waals surface area contributed by atoms with Crippen molar-refractivity contribution in [2.45, 2.75) is 26.3 Å². The first kappa shape index (κ1) is 15.1. The average molecular weight is 338 g/mol. The van der Waals surface area contributed by atoms with Gasteiger partial charge in [0.25, 0.3) is 11.8 Å². The Labute approximate surface area is 145 Å². The minimum atomic E-state index is -0.185. The topological polar surface area (TPSA) is 40.6 Å². The van der Waals surface area contributed by atoms with Crippen LogP contribution in [-0.4, -0.2) is 29.3 Å². The molecule has 0 saturated carbocycles. The Morgan fingerprint density at radius 3 is 2.54 bits per heavy atom. The predicted octanol–water partition coefficient (Wildman–Crippen LogP) is 3.30.